The smallest absolute Gasteiger partial charge is 0.408 e. The molecule has 0 aliphatic heterocycles. The summed E-state index contributed by atoms with van der Waals surface area (Å²) in [4.78, 5) is 48.7. The van der Waals surface area contributed by atoms with Gasteiger partial charge in [-0.1, -0.05) is 44.2 Å². The standard InChI is InChI=1S/C24H38N4O6/c1-16(2)14-19(20(25)29)27-21(30)18(28-23(32)34-24(3,4)5)12-9-13-26-22(31)33-15-17-10-7-6-8-11-17/h6-8,10-11,16,18-19H,9,12-15H2,1-5H3,(H2,25,29)(H,26,31)(H,27,30)(H,28,32)/t18-,19+/m1/s1. The highest BCUT2D eigenvalue weighted by atomic mass is 16.6. The molecule has 0 saturated heterocycles. The molecule has 1 aromatic rings. The third-order valence-corrected chi connectivity index (χ3v) is 4.53. The number of nitrogens with one attached hydrogen (secondary N) is 3. The molecule has 34 heavy (non-hydrogen) atoms. The number of nitrogens with two attached hydrogens (primary N) is 1. The minimum absolute atomic E-state index is 0.126. The summed E-state index contributed by atoms with van der Waals surface area (Å²) >= 11 is 0. The van der Waals surface area contributed by atoms with Gasteiger partial charge in [0.25, 0.3) is 0 Å². The highest BCUT2D eigenvalue weighted by Crippen LogP contribution is 2.09. The SMILES string of the molecule is CC(C)C[C@H](NC(=O)[C@@H](CCCNC(=O)OCc1ccccc1)NC(=O)OC(C)(C)C)C(N)=O. The van der Waals surface area contributed by atoms with Gasteiger partial charge in [-0.05, 0) is 51.5 Å². The lowest BCUT2D eigenvalue weighted by atomic mass is 10.0. The highest BCUT2D eigenvalue weighted by molar-refractivity contribution is 5.90. The molecule has 0 aliphatic rings. The molecular weight excluding hydrogens is 440 g/mol. The third kappa shape index (κ3) is 12.7. The van der Waals surface area contributed by atoms with Gasteiger partial charge in [-0.25, -0.2) is 9.59 Å². The molecular formula is C24H38N4O6. The van der Waals surface area contributed by atoms with Gasteiger partial charge in [-0.15, -0.1) is 0 Å². The van der Waals surface area contributed by atoms with Crippen LogP contribution >= 0.6 is 0 Å². The van der Waals surface area contributed by atoms with Crippen LogP contribution in [-0.4, -0.2) is 48.2 Å². The largest absolute Gasteiger partial charge is 0.445 e. The first kappa shape index (κ1) is 28.7. The van der Waals surface area contributed by atoms with Crippen molar-refractivity contribution in [3.05, 3.63) is 35.9 Å². The first-order valence-corrected chi connectivity index (χ1v) is 11.4. The average Bonchev–Trinajstić information content (AvgIpc) is 2.72. The van der Waals surface area contributed by atoms with Crippen LogP contribution in [0.25, 0.3) is 0 Å². The van der Waals surface area contributed by atoms with Crippen molar-refractivity contribution in [3.8, 4) is 0 Å². The summed E-state index contributed by atoms with van der Waals surface area (Å²) in [7, 11) is 0. The fourth-order valence-corrected chi connectivity index (χ4v) is 2.98. The van der Waals surface area contributed by atoms with Gasteiger partial charge in [-0.2, -0.15) is 0 Å². The van der Waals surface area contributed by atoms with Crippen molar-refractivity contribution in [3.63, 3.8) is 0 Å². The number of hydrogen-bond donors (Lipinski definition) is 4. The van der Waals surface area contributed by atoms with E-state index in [0.717, 1.165) is 5.56 Å². The summed E-state index contributed by atoms with van der Waals surface area (Å²) < 4.78 is 10.4. The summed E-state index contributed by atoms with van der Waals surface area (Å²) in [6.45, 7) is 9.29. The molecule has 0 bridgehead atoms. The lowest BCUT2D eigenvalue weighted by molar-refractivity contribution is -0.129. The van der Waals surface area contributed by atoms with E-state index in [1.54, 1.807) is 20.8 Å². The molecule has 10 nitrogen and oxygen atoms in total. The number of alkyl carbamates (subject to hydrolysis) is 2. The van der Waals surface area contributed by atoms with Crippen LogP contribution in [0.15, 0.2) is 30.3 Å². The zero-order chi connectivity index (χ0) is 25.7. The molecule has 0 aromatic heterocycles. The zero-order valence-corrected chi connectivity index (χ0v) is 20.7. The van der Waals surface area contributed by atoms with Crippen LogP contribution in [0.2, 0.25) is 0 Å². The normalized spacial score (nSPS) is 12.9. The maximum absolute atomic E-state index is 12.8. The highest BCUT2D eigenvalue weighted by Gasteiger charge is 2.27. The molecule has 0 heterocycles. The Balaban J connectivity index is 2.63. The number of carbonyl (C=O) groups excluding carboxylic acids is 4. The van der Waals surface area contributed by atoms with E-state index in [2.05, 4.69) is 16.0 Å². The fraction of sp³-hybridized carbons (Fsp3) is 0.583. The van der Waals surface area contributed by atoms with E-state index in [0.29, 0.717) is 12.8 Å². The van der Waals surface area contributed by atoms with Crippen LogP contribution in [0.4, 0.5) is 9.59 Å². The van der Waals surface area contributed by atoms with Gasteiger partial charge >= 0.3 is 12.2 Å². The summed E-state index contributed by atoms with van der Waals surface area (Å²) in [5, 5.41) is 7.76. The summed E-state index contributed by atoms with van der Waals surface area (Å²) in [5.41, 5.74) is 5.53. The topological polar surface area (TPSA) is 149 Å². The molecule has 0 spiro atoms. The van der Waals surface area contributed by atoms with Crippen LogP contribution in [0.1, 0.15) is 59.4 Å². The van der Waals surface area contributed by atoms with Crippen LogP contribution in [0.3, 0.4) is 0 Å². The lowest BCUT2D eigenvalue weighted by Gasteiger charge is -2.25. The third-order valence-electron chi connectivity index (χ3n) is 4.53. The van der Waals surface area contributed by atoms with Gasteiger partial charge in [0.05, 0.1) is 0 Å². The van der Waals surface area contributed by atoms with Gasteiger partial charge in [0.2, 0.25) is 11.8 Å². The number of primary amides is 1. The number of amides is 4. The number of ether oxygens (including phenoxy) is 2. The van der Waals surface area contributed by atoms with Crippen LogP contribution in [0, 0.1) is 5.92 Å². The van der Waals surface area contributed by atoms with Crippen LogP contribution in [-0.2, 0) is 25.7 Å². The van der Waals surface area contributed by atoms with E-state index in [1.807, 2.05) is 44.2 Å². The van der Waals surface area contributed by atoms with Gasteiger partial charge in [0.1, 0.15) is 24.3 Å². The molecule has 1 aromatic carbocycles. The van der Waals surface area contributed by atoms with E-state index in [-0.39, 0.29) is 25.5 Å². The Labute approximate surface area is 201 Å². The second-order valence-electron chi connectivity index (χ2n) is 9.42. The Morgan fingerprint density at radius 3 is 2.18 bits per heavy atom. The van der Waals surface area contributed by atoms with Crippen LogP contribution < -0.4 is 21.7 Å². The zero-order valence-electron chi connectivity index (χ0n) is 20.7. The maximum Gasteiger partial charge on any atom is 0.408 e. The van der Waals surface area contributed by atoms with E-state index in [1.165, 1.54) is 0 Å². The van der Waals surface area contributed by atoms with Crippen molar-refractivity contribution in [2.75, 3.05) is 6.54 Å². The molecule has 0 fully saturated rings. The maximum atomic E-state index is 12.8. The Kier molecular flexibility index (Phi) is 11.9. The van der Waals surface area contributed by atoms with Crippen molar-refractivity contribution in [1.82, 2.24) is 16.0 Å². The Bertz CT molecular complexity index is 807. The van der Waals surface area contributed by atoms with Gasteiger partial charge < -0.3 is 31.2 Å². The second kappa shape index (κ2) is 14.1. The minimum atomic E-state index is -0.981. The van der Waals surface area contributed by atoms with Crippen molar-refractivity contribution in [1.29, 1.82) is 0 Å². The van der Waals surface area contributed by atoms with E-state index >= 15 is 0 Å². The molecule has 0 radical (unpaired) electrons. The number of benzene rings is 1. The van der Waals surface area contributed by atoms with Gasteiger partial charge in [-0.3, -0.25) is 9.59 Å². The van der Waals surface area contributed by atoms with Gasteiger partial charge in [0, 0.05) is 6.54 Å². The molecule has 190 valence electrons. The predicted molar refractivity (Wildman–Crippen MR) is 128 cm³/mol. The summed E-state index contributed by atoms with van der Waals surface area (Å²) in [6, 6.07) is 7.42. The van der Waals surface area contributed by atoms with E-state index < -0.39 is 41.7 Å². The molecule has 4 amide bonds. The first-order chi connectivity index (χ1) is 15.9. The molecule has 2 atom stereocenters. The number of rotatable bonds is 12. The molecule has 5 N–H and O–H groups in total. The quantitative estimate of drug-likeness (QED) is 0.339. The average molecular weight is 479 g/mol. The Hall–Kier alpha value is -3.30. The van der Waals surface area contributed by atoms with E-state index in [4.69, 9.17) is 15.2 Å². The Morgan fingerprint density at radius 1 is 0.971 bits per heavy atom. The lowest BCUT2D eigenvalue weighted by Crippen LogP contribution is -2.53. The van der Waals surface area contributed by atoms with Crippen molar-refractivity contribution in [2.24, 2.45) is 11.7 Å². The van der Waals surface area contributed by atoms with Crippen molar-refractivity contribution < 1.29 is 28.7 Å². The Morgan fingerprint density at radius 2 is 1.62 bits per heavy atom. The fourth-order valence-electron chi connectivity index (χ4n) is 2.98. The van der Waals surface area contributed by atoms with Gasteiger partial charge in [0.15, 0.2) is 0 Å². The monoisotopic (exact) mass is 478 g/mol. The minimum Gasteiger partial charge on any atom is -0.445 e. The van der Waals surface area contributed by atoms with Crippen molar-refractivity contribution >= 4 is 24.0 Å². The molecule has 10 heteroatoms. The molecule has 0 aliphatic carbocycles. The molecule has 0 unspecified atom stereocenters. The molecule has 1 rings (SSSR count). The molecule has 0 saturated carbocycles. The summed E-state index contributed by atoms with van der Waals surface area (Å²) in [6.07, 6.45) is -0.426. The second-order valence-corrected chi connectivity index (χ2v) is 9.42. The number of carbonyl (C=O) groups is 4. The predicted octanol–water partition coefficient (Wildman–Crippen LogP) is 2.60. The first-order valence-electron chi connectivity index (χ1n) is 11.4. The van der Waals surface area contributed by atoms with Crippen molar-refractivity contribution in [2.45, 2.75) is 78.2 Å². The summed E-state index contributed by atoms with van der Waals surface area (Å²) in [5.74, 6) is -1.08. The van der Waals surface area contributed by atoms with E-state index in [9.17, 15) is 19.2 Å². The van der Waals surface area contributed by atoms with Crippen LogP contribution in [0.5, 0.6) is 0 Å². The number of hydrogen-bond acceptors (Lipinski definition) is 6.